The molecule has 1 saturated heterocycles. The number of nitrogens with zero attached hydrogens (tertiary/aromatic N) is 1. The summed E-state index contributed by atoms with van der Waals surface area (Å²) in [5.74, 6) is -1.75. The number of amides is 2. The van der Waals surface area contributed by atoms with Crippen LogP contribution in [0.5, 0.6) is 0 Å². The Balaban J connectivity index is 2.55. The fraction of sp³-hybridized carbons (Fsp3) is 0.786. The summed E-state index contributed by atoms with van der Waals surface area (Å²) in [6.07, 6.45) is 2.19. The van der Waals surface area contributed by atoms with Gasteiger partial charge in [0.2, 0.25) is 0 Å². The van der Waals surface area contributed by atoms with Gasteiger partial charge in [-0.25, -0.2) is 0 Å². The Kier molecular flexibility index (Phi) is 6.48. The van der Waals surface area contributed by atoms with Crippen molar-refractivity contribution >= 4 is 17.8 Å². The molecule has 0 spiro atoms. The fourth-order valence-electron chi connectivity index (χ4n) is 2.15. The number of nitrogens with one attached hydrogen (secondary N) is 1. The Bertz CT molecular complexity index is 370. The molecule has 6 nitrogen and oxygen atoms in total. The highest BCUT2D eigenvalue weighted by atomic mass is 16.5. The maximum Gasteiger partial charge on any atom is 0.311 e. The van der Waals surface area contributed by atoms with Gasteiger partial charge in [0.25, 0.3) is 0 Å². The van der Waals surface area contributed by atoms with Crippen molar-refractivity contribution in [2.75, 3.05) is 19.7 Å². The van der Waals surface area contributed by atoms with Gasteiger partial charge in [-0.2, -0.15) is 0 Å². The Labute approximate surface area is 119 Å². The van der Waals surface area contributed by atoms with E-state index in [2.05, 4.69) is 5.32 Å². The number of hydrogen-bond donors (Lipinski definition) is 1. The molecule has 0 aromatic rings. The SMILES string of the molecule is CCOC(=O)C1CCCN(C(=O)C(=O)NC(C)CC)C1. The molecule has 6 heteroatoms. The van der Waals surface area contributed by atoms with Gasteiger partial charge >= 0.3 is 17.8 Å². The lowest BCUT2D eigenvalue weighted by Gasteiger charge is -2.31. The molecule has 2 unspecified atom stereocenters. The quantitative estimate of drug-likeness (QED) is 0.609. The van der Waals surface area contributed by atoms with E-state index < -0.39 is 11.8 Å². The molecule has 0 radical (unpaired) electrons. The first-order chi connectivity index (χ1) is 9.49. The summed E-state index contributed by atoms with van der Waals surface area (Å²) < 4.78 is 4.97. The largest absolute Gasteiger partial charge is 0.466 e. The first kappa shape index (κ1) is 16.5. The molecule has 1 N–H and O–H groups in total. The molecule has 0 bridgehead atoms. The third-order valence-electron chi connectivity index (χ3n) is 3.51. The van der Waals surface area contributed by atoms with Crippen LogP contribution in [0.3, 0.4) is 0 Å². The molecule has 1 rings (SSSR count). The first-order valence-electron chi connectivity index (χ1n) is 7.25. The van der Waals surface area contributed by atoms with Crippen molar-refractivity contribution in [3.05, 3.63) is 0 Å². The third kappa shape index (κ3) is 4.51. The van der Waals surface area contributed by atoms with Gasteiger partial charge in [0.1, 0.15) is 0 Å². The summed E-state index contributed by atoms with van der Waals surface area (Å²) in [7, 11) is 0. The van der Waals surface area contributed by atoms with Crippen LogP contribution < -0.4 is 5.32 Å². The van der Waals surface area contributed by atoms with Crippen LogP contribution in [-0.2, 0) is 19.1 Å². The molecule has 1 heterocycles. The summed E-state index contributed by atoms with van der Waals surface area (Å²) in [6.45, 7) is 6.66. The lowest BCUT2D eigenvalue weighted by atomic mass is 9.98. The maximum atomic E-state index is 12.0. The molecule has 1 aliphatic heterocycles. The molecule has 0 aromatic carbocycles. The van der Waals surface area contributed by atoms with Crippen LogP contribution in [0.15, 0.2) is 0 Å². The lowest BCUT2D eigenvalue weighted by molar-refractivity contribution is -0.154. The van der Waals surface area contributed by atoms with Gasteiger partial charge in [0.05, 0.1) is 12.5 Å². The summed E-state index contributed by atoms with van der Waals surface area (Å²) in [6, 6.07) is -0.0305. The fourth-order valence-corrected chi connectivity index (χ4v) is 2.15. The zero-order valence-electron chi connectivity index (χ0n) is 12.5. The van der Waals surface area contributed by atoms with Crippen LogP contribution in [0.2, 0.25) is 0 Å². The first-order valence-corrected chi connectivity index (χ1v) is 7.25. The zero-order valence-corrected chi connectivity index (χ0v) is 12.5. The van der Waals surface area contributed by atoms with Crippen molar-refractivity contribution in [2.45, 2.75) is 46.1 Å². The molecule has 1 aliphatic rings. The smallest absolute Gasteiger partial charge is 0.311 e. The van der Waals surface area contributed by atoms with E-state index in [9.17, 15) is 14.4 Å². The molecule has 0 aromatic heterocycles. The van der Waals surface area contributed by atoms with E-state index in [1.165, 1.54) is 4.90 Å². The van der Waals surface area contributed by atoms with Gasteiger partial charge in [-0.05, 0) is 33.1 Å². The predicted molar refractivity (Wildman–Crippen MR) is 73.8 cm³/mol. The number of carbonyl (C=O) groups excluding carboxylic acids is 3. The summed E-state index contributed by atoms with van der Waals surface area (Å²) in [4.78, 5) is 37.0. The minimum absolute atomic E-state index is 0.0305. The summed E-state index contributed by atoms with van der Waals surface area (Å²) in [5, 5.41) is 2.65. The third-order valence-corrected chi connectivity index (χ3v) is 3.51. The number of likely N-dealkylation sites (tertiary alicyclic amines) is 1. The summed E-state index contributed by atoms with van der Waals surface area (Å²) >= 11 is 0. The number of hydrogen-bond acceptors (Lipinski definition) is 4. The average molecular weight is 284 g/mol. The minimum Gasteiger partial charge on any atom is -0.466 e. The van der Waals surface area contributed by atoms with E-state index in [1.807, 2.05) is 13.8 Å². The summed E-state index contributed by atoms with van der Waals surface area (Å²) in [5.41, 5.74) is 0. The highest BCUT2D eigenvalue weighted by molar-refractivity contribution is 6.35. The topological polar surface area (TPSA) is 75.7 Å². The van der Waals surface area contributed by atoms with Crippen LogP contribution in [-0.4, -0.2) is 48.4 Å². The minimum atomic E-state index is -0.594. The van der Waals surface area contributed by atoms with Crippen molar-refractivity contribution in [3.63, 3.8) is 0 Å². The van der Waals surface area contributed by atoms with Gasteiger partial charge in [0.15, 0.2) is 0 Å². The number of piperidine rings is 1. The number of ether oxygens (including phenoxy) is 1. The molecule has 2 atom stereocenters. The van der Waals surface area contributed by atoms with Crippen molar-refractivity contribution in [3.8, 4) is 0 Å². The van der Waals surface area contributed by atoms with Gasteiger partial charge in [-0.15, -0.1) is 0 Å². The molecular weight excluding hydrogens is 260 g/mol. The highest BCUT2D eigenvalue weighted by Crippen LogP contribution is 2.18. The second kappa shape index (κ2) is 7.87. The molecular formula is C14H24N2O4. The lowest BCUT2D eigenvalue weighted by Crippen LogP contribution is -2.50. The standard InChI is InChI=1S/C14H24N2O4/c1-4-10(3)15-12(17)13(18)16-8-6-7-11(9-16)14(19)20-5-2/h10-11H,4-9H2,1-3H3,(H,15,17). The van der Waals surface area contributed by atoms with E-state index in [4.69, 9.17) is 4.74 Å². The van der Waals surface area contributed by atoms with Gasteiger partial charge < -0.3 is 15.0 Å². The van der Waals surface area contributed by atoms with Crippen LogP contribution in [0.4, 0.5) is 0 Å². The number of carbonyl (C=O) groups is 3. The van der Waals surface area contributed by atoms with Gasteiger partial charge in [0, 0.05) is 19.1 Å². The Hall–Kier alpha value is -1.59. The molecule has 114 valence electrons. The van der Waals surface area contributed by atoms with Crippen molar-refractivity contribution in [1.29, 1.82) is 0 Å². The second-order valence-corrected chi connectivity index (χ2v) is 5.13. The Morgan fingerprint density at radius 2 is 2.05 bits per heavy atom. The maximum absolute atomic E-state index is 12.0. The molecule has 1 fully saturated rings. The predicted octanol–water partition coefficient (Wildman–Crippen LogP) is 0.703. The number of rotatable bonds is 4. The van der Waals surface area contributed by atoms with E-state index in [1.54, 1.807) is 6.92 Å². The Morgan fingerprint density at radius 1 is 1.35 bits per heavy atom. The molecule has 0 aliphatic carbocycles. The van der Waals surface area contributed by atoms with Crippen molar-refractivity contribution in [2.24, 2.45) is 5.92 Å². The zero-order chi connectivity index (χ0) is 15.1. The van der Waals surface area contributed by atoms with E-state index in [-0.39, 0.29) is 24.5 Å². The monoisotopic (exact) mass is 284 g/mol. The van der Waals surface area contributed by atoms with Crippen LogP contribution in [0.1, 0.15) is 40.0 Å². The average Bonchev–Trinajstić information content (AvgIpc) is 2.46. The van der Waals surface area contributed by atoms with E-state index in [0.29, 0.717) is 26.0 Å². The molecule has 20 heavy (non-hydrogen) atoms. The van der Waals surface area contributed by atoms with Crippen LogP contribution in [0.25, 0.3) is 0 Å². The Morgan fingerprint density at radius 3 is 2.65 bits per heavy atom. The molecule has 2 amide bonds. The highest BCUT2D eigenvalue weighted by Gasteiger charge is 2.32. The van der Waals surface area contributed by atoms with E-state index >= 15 is 0 Å². The molecule has 0 saturated carbocycles. The van der Waals surface area contributed by atoms with Gasteiger partial charge in [-0.1, -0.05) is 6.92 Å². The van der Waals surface area contributed by atoms with E-state index in [0.717, 1.165) is 6.42 Å². The van der Waals surface area contributed by atoms with Crippen molar-refractivity contribution in [1.82, 2.24) is 10.2 Å². The van der Waals surface area contributed by atoms with Gasteiger partial charge in [-0.3, -0.25) is 14.4 Å². The van der Waals surface area contributed by atoms with Crippen molar-refractivity contribution < 1.29 is 19.1 Å². The van der Waals surface area contributed by atoms with Crippen LogP contribution >= 0.6 is 0 Å². The van der Waals surface area contributed by atoms with Crippen LogP contribution in [0, 0.1) is 5.92 Å². The second-order valence-electron chi connectivity index (χ2n) is 5.13. The number of esters is 1. The normalized spacial score (nSPS) is 20.1.